The number of rotatable bonds is 9. The number of phenols is 1. The Bertz CT molecular complexity index is 1630. The third-order valence-corrected chi connectivity index (χ3v) is 11.3. The van der Waals surface area contributed by atoms with Crippen LogP contribution in [0.1, 0.15) is 67.3 Å². The highest BCUT2D eigenvalue weighted by atomic mass is 19.4. The van der Waals surface area contributed by atoms with Crippen LogP contribution in [-0.4, -0.2) is 69.3 Å². The number of aromatic hydroxyl groups is 1. The SMILES string of the molecule is CC(C)CN(C(=O)CCc1ccc(C(F)(F)F)cc1)C1CC[C@@]2(O)[C@H]3Cc4ccc(O)c5c4[C@@]2(CCN3CCc2ccccc2)C1O5. The van der Waals surface area contributed by atoms with Crippen LogP contribution in [0.3, 0.4) is 0 Å². The lowest BCUT2D eigenvalue weighted by molar-refractivity contribution is -0.201. The van der Waals surface area contributed by atoms with Crippen LogP contribution in [0, 0.1) is 5.92 Å². The summed E-state index contributed by atoms with van der Waals surface area (Å²) in [6.07, 6.45) is -1.22. The number of aliphatic hydroxyl groups is 1. The maximum absolute atomic E-state index is 14.1. The molecule has 2 N–H and O–H groups in total. The minimum absolute atomic E-state index is 0.0580. The summed E-state index contributed by atoms with van der Waals surface area (Å²) in [7, 11) is 0. The van der Waals surface area contributed by atoms with Gasteiger partial charge in [-0.15, -0.1) is 0 Å². The van der Waals surface area contributed by atoms with Crippen molar-refractivity contribution in [3.8, 4) is 11.5 Å². The molecule has 1 spiro atoms. The first-order valence-corrected chi connectivity index (χ1v) is 16.9. The van der Waals surface area contributed by atoms with Crippen molar-refractivity contribution in [3.63, 3.8) is 0 Å². The number of alkyl halides is 3. The van der Waals surface area contributed by atoms with Crippen molar-refractivity contribution in [2.45, 2.75) is 94.2 Å². The van der Waals surface area contributed by atoms with Crippen LogP contribution < -0.4 is 4.74 Å². The summed E-state index contributed by atoms with van der Waals surface area (Å²) in [6.45, 7) is 6.21. The van der Waals surface area contributed by atoms with E-state index in [1.807, 2.05) is 29.2 Å². The molecule has 47 heavy (non-hydrogen) atoms. The second-order valence-electron chi connectivity index (χ2n) is 14.4. The number of likely N-dealkylation sites (tertiary alicyclic amines) is 1. The highest BCUT2D eigenvalue weighted by molar-refractivity contribution is 5.77. The molecule has 2 bridgehead atoms. The summed E-state index contributed by atoms with van der Waals surface area (Å²) in [5, 5.41) is 24.0. The second kappa shape index (κ2) is 11.8. The Hall–Kier alpha value is -3.56. The lowest BCUT2D eigenvalue weighted by atomic mass is 9.48. The molecule has 4 aliphatic rings. The molecule has 9 heteroatoms. The Morgan fingerprint density at radius 1 is 1.02 bits per heavy atom. The van der Waals surface area contributed by atoms with Gasteiger partial charge in [0.15, 0.2) is 11.5 Å². The van der Waals surface area contributed by atoms with E-state index in [9.17, 15) is 28.2 Å². The maximum Gasteiger partial charge on any atom is 0.416 e. The number of halogens is 3. The fraction of sp³-hybridized carbons (Fsp3) is 0.500. The number of phenolic OH excluding ortho intramolecular Hbond substituents is 1. The number of amides is 1. The van der Waals surface area contributed by atoms with Gasteiger partial charge in [-0.2, -0.15) is 13.2 Å². The van der Waals surface area contributed by atoms with Crippen LogP contribution in [-0.2, 0) is 35.6 Å². The number of piperidine rings is 1. The summed E-state index contributed by atoms with van der Waals surface area (Å²) in [5.41, 5.74) is 1.36. The van der Waals surface area contributed by atoms with Crippen molar-refractivity contribution < 1.29 is 32.9 Å². The molecule has 3 aromatic rings. The van der Waals surface area contributed by atoms with Gasteiger partial charge < -0.3 is 19.8 Å². The number of aryl methyl sites for hydroxylation is 1. The van der Waals surface area contributed by atoms with Gasteiger partial charge in [0.2, 0.25) is 5.91 Å². The van der Waals surface area contributed by atoms with Gasteiger partial charge >= 0.3 is 6.18 Å². The second-order valence-corrected chi connectivity index (χ2v) is 14.4. The van der Waals surface area contributed by atoms with Crippen molar-refractivity contribution in [3.05, 3.63) is 94.5 Å². The first-order valence-electron chi connectivity index (χ1n) is 16.9. The summed E-state index contributed by atoms with van der Waals surface area (Å²) in [6, 6.07) is 18.6. The molecule has 3 aromatic carbocycles. The van der Waals surface area contributed by atoms with E-state index >= 15 is 0 Å². The Morgan fingerprint density at radius 2 is 1.74 bits per heavy atom. The highest BCUT2D eigenvalue weighted by Gasteiger charge is 2.73. The molecule has 5 atom stereocenters. The molecule has 250 valence electrons. The largest absolute Gasteiger partial charge is 0.504 e. The highest BCUT2D eigenvalue weighted by Crippen LogP contribution is 2.66. The van der Waals surface area contributed by atoms with E-state index in [1.165, 1.54) is 17.7 Å². The zero-order valence-corrected chi connectivity index (χ0v) is 27.0. The van der Waals surface area contributed by atoms with E-state index in [1.54, 1.807) is 6.07 Å². The number of benzene rings is 3. The Kier molecular flexibility index (Phi) is 8.07. The molecule has 1 saturated carbocycles. The molecule has 7 rings (SSSR count). The quantitative estimate of drug-likeness (QED) is 0.285. The van der Waals surface area contributed by atoms with E-state index in [0.29, 0.717) is 50.0 Å². The first kappa shape index (κ1) is 32.0. The Morgan fingerprint density at radius 3 is 2.45 bits per heavy atom. The van der Waals surface area contributed by atoms with Gasteiger partial charge in [0.05, 0.1) is 22.6 Å². The molecule has 2 fully saturated rings. The Balaban J connectivity index is 1.18. The monoisotopic (exact) mass is 648 g/mol. The van der Waals surface area contributed by atoms with Gasteiger partial charge in [-0.25, -0.2) is 0 Å². The van der Waals surface area contributed by atoms with Crippen molar-refractivity contribution in [2.24, 2.45) is 5.92 Å². The first-order chi connectivity index (χ1) is 22.4. The number of nitrogens with zero attached hydrogens (tertiary/aromatic N) is 2. The average molecular weight is 649 g/mol. The topological polar surface area (TPSA) is 73.2 Å². The van der Waals surface area contributed by atoms with Crippen LogP contribution in [0.2, 0.25) is 0 Å². The predicted molar refractivity (Wildman–Crippen MR) is 172 cm³/mol. The number of carbonyl (C=O) groups excluding carboxylic acids is 1. The van der Waals surface area contributed by atoms with E-state index in [2.05, 4.69) is 30.9 Å². The third-order valence-electron chi connectivity index (χ3n) is 11.3. The molecular weight excluding hydrogens is 605 g/mol. The molecule has 2 aliphatic heterocycles. The maximum atomic E-state index is 14.1. The van der Waals surface area contributed by atoms with E-state index < -0.39 is 28.9 Å². The van der Waals surface area contributed by atoms with Crippen molar-refractivity contribution in [1.29, 1.82) is 0 Å². The van der Waals surface area contributed by atoms with Gasteiger partial charge in [0.25, 0.3) is 0 Å². The van der Waals surface area contributed by atoms with Crippen molar-refractivity contribution >= 4 is 5.91 Å². The van der Waals surface area contributed by atoms with Gasteiger partial charge in [0.1, 0.15) is 6.10 Å². The fourth-order valence-corrected chi connectivity index (χ4v) is 9.18. The van der Waals surface area contributed by atoms with E-state index in [-0.39, 0.29) is 36.1 Å². The van der Waals surface area contributed by atoms with Gasteiger partial charge in [-0.3, -0.25) is 9.69 Å². The summed E-state index contributed by atoms with van der Waals surface area (Å²) in [5.74, 6) is 0.579. The van der Waals surface area contributed by atoms with Gasteiger partial charge in [0, 0.05) is 31.1 Å². The van der Waals surface area contributed by atoms with E-state index in [4.69, 9.17) is 4.74 Å². The van der Waals surface area contributed by atoms with Gasteiger partial charge in [-0.1, -0.05) is 62.4 Å². The van der Waals surface area contributed by atoms with Crippen LogP contribution >= 0.6 is 0 Å². The molecule has 0 radical (unpaired) electrons. The molecule has 2 aliphatic carbocycles. The molecule has 2 unspecified atom stereocenters. The van der Waals surface area contributed by atoms with Gasteiger partial charge in [-0.05, 0) is 85.9 Å². The number of carbonyl (C=O) groups is 1. The fourth-order valence-electron chi connectivity index (χ4n) is 9.18. The molecular formula is C38H43F3N2O4. The number of ether oxygens (including phenoxy) is 1. The van der Waals surface area contributed by atoms with Crippen molar-refractivity contribution in [1.82, 2.24) is 9.80 Å². The molecule has 2 heterocycles. The normalized spacial score (nSPS) is 27.8. The van der Waals surface area contributed by atoms with Crippen LogP contribution in [0.5, 0.6) is 11.5 Å². The summed E-state index contributed by atoms with van der Waals surface area (Å²) >= 11 is 0. The minimum Gasteiger partial charge on any atom is -0.504 e. The smallest absolute Gasteiger partial charge is 0.416 e. The zero-order valence-electron chi connectivity index (χ0n) is 27.0. The summed E-state index contributed by atoms with van der Waals surface area (Å²) in [4.78, 5) is 18.4. The lowest BCUT2D eigenvalue weighted by Crippen LogP contribution is -2.78. The molecule has 6 nitrogen and oxygen atoms in total. The zero-order chi connectivity index (χ0) is 33.1. The van der Waals surface area contributed by atoms with Crippen LogP contribution in [0.4, 0.5) is 13.2 Å². The molecule has 0 aromatic heterocycles. The molecule has 1 amide bonds. The van der Waals surface area contributed by atoms with Crippen LogP contribution in [0.25, 0.3) is 0 Å². The number of hydrogen-bond acceptors (Lipinski definition) is 5. The average Bonchev–Trinajstić information content (AvgIpc) is 3.40. The number of hydrogen-bond donors (Lipinski definition) is 2. The third kappa shape index (κ3) is 5.30. The van der Waals surface area contributed by atoms with E-state index in [0.717, 1.165) is 42.8 Å². The molecule has 1 saturated heterocycles. The van der Waals surface area contributed by atoms with Crippen LogP contribution in [0.15, 0.2) is 66.7 Å². The minimum atomic E-state index is -4.41. The predicted octanol–water partition coefficient (Wildman–Crippen LogP) is 6.29. The lowest BCUT2D eigenvalue weighted by Gasteiger charge is -2.65. The Labute approximate surface area is 274 Å². The summed E-state index contributed by atoms with van der Waals surface area (Å²) < 4.78 is 46.0. The van der Waals surface area contributed by atoms with Crippen molar-refractivity contribution in [2.75, 3.05) is 19.6 Å². The standard InChI is InChI=1S/C38H43F3N2O4/c1-24(2)23-43(32(45)15-10-26-8-12-28(13-9-26)38(39,40)41)29-16-18-37(46)31-22-27-11-14-30(44)34-33(27)36(37,35(29)47-34)19-21-42(31)20-17-25-6-4-3-5-7-25/h3-9,11-14,24,29,31,35,44,46H,10,15-23H2,1-2H3/t29?,31-,35?,36+,37-/m1/s1.